The van der Waals surface area contributed by atoms with Gasteiger partial charge in [0.05, 0.1) is 11.0 Å². The van der Waals surface area contributed by atoms with Gasteiger partial charge in [-0.15, -0.1) is 0 Å². The van der Waals surface area contributed by atoms with Crippen molar-refractivity contribution < 1.29 is 0 Å². The smallest absolute Gasteiger partial charge is 0.0983 e. The predicted molar refractivity (Wildman–Crippen MR) is 103 cm³/mol. The van der Waals surface area contributed by atoms with Crippen LogP contribution >= 0.6 is 0 Å². The highest BCUT2D eigenvalue weighted by atomic mass is 14.9. The standard InChI is InChI=1S/C21H24N4/c1-4-5-13(2)17-6-7-19-21(25-17)15(8-10-23-19)20-12-16-14(3)22-11-9-18(16)24-20/h6-8,10,12-13,22,24H,3-5,9,11H2,1-2H3. The fourth-order valence-corrected chi connectivity index (χ4v) is 3.66. The number of rotatable bonds is 4. The molecule has 1 atom stereocenters. The average molecular weight is 332 g/mol. The number of H-pyrrole nitrogens is 1. The van der Waals surface area contributed by atoms with E-state index in [2.05, 4.69) is 60.0 Å². The van der Waals surface area contributed by atoms with Crippen molar-refractivity contribution in [2.24, 2.45) is 0 Å². The van der Waals surface area contributed by atoms with E-state index in [4.69, 9.17) is 4.98 Å². The maximum atomic E-state index is 4.97. The molecule has 1 unspecified atom stereocenters. The Kier molecular flexibility index (Phi) is 4.04. The number of aromatic amines is 1. The number of hydrogen-bond donors (Lipinski definition) is 2. The molecule has 4 heteroatoms. The van der Waals surface area contributed by atoms with Crippen LogP contribution in [0.1, 0.15) is 49.6 Å². The van der Waals surface area contributed by atoms with Gasteiger partial charge in [0, 0.05) is 53.1 Å². The van der Waals surface area contributed by atoms with E-state index in [-0.39, 0.29) is 0 Å². The maximum absolute atomic E-state index is 4.97. The summed E-state index contributed by atoms with van der Waals surface area (Å²) in [5, 5.41) is 3.34. The van der Waals surface area contributed by atoms with Gasteiger partial charge in [0.15, 0.2) is 0 Å². The van der Waals surface area contributed by atoms with Crippen molar-refractivity contribution in [1.82, 2.24) is 20.3 Å². The summed E-state index contributed by atoms with van der Waals surface area (Å²) in [6, 6.07) is 8.45. The Labute approximate surface area is 148 Å². The minimum atomic E-state index is 0.461. The highest BCUT2D eigenvalue weighted by Crippen LogP contribution is 2.31. The van der Waals surface area contributed by atoms with Gasteiger partial charge in [-0.1, -0.05) is 26.8 Å². The van der Waals surface area contributed by atoms with Gasteiger partial charge in [0.2, 0.25) is 0 Å². The van der Waals surface area contributed by atoms with Crippen LogP contribution in [-0.4, -0.2) is 21.5 Å². The third kappa shape index (κ3) is 2.82. The molecule has 4 heterocycles. The Morgan fingerprint density at radius 3 is 2.92 bits per heavy atom. The van der Waals surface area contributed by atoms with Gasteiger partial charge in [-0.2, -0.15) is 0 Å². The van der Waals surface area contributed by atoms with E-state index in [0.717, 1.165) is 53.1 Å². The van der Waals surface area contributed by atoms with Gasteiger partial charge < -0.3 is 10.3 Å². The second kappa shape index (κ2) is 6.36. The first-order valence-electron chi connectivity index (χ1n) is 9.08. The highest BCUT2D eigenvalue weighted by Gasteiger charge is 2.18. The van der Waals surface area contributed by atoms with Gasteiger partial charge in [-0.05, 0) is 36.6 Å². The molecule has 3 aromatic rings. The van der Waals surface area contributed by atoms with E-state index in [1.165, 1.54) is 17.7 Å². The van der Waals surface area contributed by atoms with Gasteiger partial charge >= 0.3 is 0 Å². The minimum absolute atomic E-state index is 0.461. The predicted octanol–water partition coefficient (Wildman–Crippen LogP) is 4.64. The van der Waals surface area contributed by atoms with Crippen molar-refractivity contribution in [3.05, 3.63) is 54.0 Å². The Morgan fingerprint density at radius 2 is 2.12 bits per heavy atom. The molecule has 0 spiro atoms. The fourth-order valence-electron chi connectivity index (χ4n) is 3.66. The molecule has 0 radical (unpaired) electrons. The van der Waals surface area contributed by atoms with E-state index in [9.17, 15) is 0 Å². The van der Waals surface area contributed by atoms with Gasteiger partial charge in [-0.25, -0.2) is 0 Å². The number of nitrogens with one attached hydrogen (secondary N) is 2. The summed E-state index contributed by atoms with van der Waals surface area (Å²) >= 11 is 0. The number of fused-ring (bicyclic) bond motifs is 2. The largest absolute Gasteiger partial charge is 0.385 e. The van der Waals surface area contributed by atoms with Crippen LogP contribution in [-0.2, 0) is 6.42 Å². The van der Waals surface area contributed by atoms with Gasteiger partial charge in [0.25, 0.3) is 0 Å². The zero-order chi connectivity index (χ0) is 17.4. The topological polar surface area (TPSA) is 53.6 Å². The van der Waals surface area contributed by atoms with E-state index in [0.29, 0.717) is 5.92 Å². The molecule has 0 amide bonds. The Balaban J connectivity index is 1.84. The molecule has 4 rings (SSSR count). The summed E-state index contributed by atoms with van der Waals surface area (Å²) in [7, 11) is 0. The van der Waals surface area contributed by atoms with Crippen molar-refractivity contribution >= 4 is 16.7 Å². The lowest BCUT2D eigenvalue weighted by Crippen LogP contribution is -2.21. The van der Waals surface area contributed by atoms with Crippen LogP contribution < -0.4 is 5.32 Å². The summed E-state index contributed by atoms with van der Waals surface area (Å²) in [5.41, 5.74) is 8.68. The molecular weight excluding hydrogens is 308 g/mol. The third-order valence-corrected chi connectivity index (χ3v) is 5.06. The monoisotopic (exact) mass is 332 g/mol. The molecule has 1 aliphatic heterocycles. The number of pyridine rings is 2. The molecule has 0 aromatic carbocycles. The highest BCUT2D eigenvalue weighted by molar-refractivity contribution is 5.91. The Morgan fingerprint density at radius 1 is 1.24 bits per heavy atom. The van der Waals surface area contributed by atoms with E-state index in [1.807, 2.05) is 6.20 Å². The fraction of sp³-hybridized carbons (Fsp3) is 0.333. The lowest BCUT2D eigenvalue weighted by Gasteiger charge is -2.15. The van der Waals surface area contributed by atoms with Crippen molar-refractivity contribution in [3.8, 4) is 11.3 Å². The number of aromatic nitrogens is 3. The first-order valence-corrected chi connectivity index (χ1v) is 9.08. The van der Waals surface area contributed by atoms with Crippen molar-refractivity contribution in [3.63, 3.8) is 0 Å². The molecule has 25 heavy (non-hydrogen) atoms. The van der Waals surface area contributed by atoms with E-state index in [1.54, 1.807) is 0 Å². The Hall–Kier alpha value is -2.62. The molecule has 1 aliphatic rings. The average Bonchev–Trinajstić information content (AvgIpc) is 3.06. The molecule has 0 aliphatic carbocycles. The van der Waals surface area contributed by atoms with Crippen LogP contribution in [0.5, 0.6) is 0 Å². The zero-order valence-electron chi connectivity index (χ0n) is 14.9. The normalized spacial score (nSPS) is 15.0. The summed E-state index contributed by atoms with van der Waals surface area (Å²) in [6.45, 7) is 9.52. The van der Waals surface area contributed by atoms with Crippen LogP contribution in [0.4, 0.5) is 0 Å². The zero-order valence-corrected chi connectivity index (χ0v) is 14.9. The van der Waals surface area contributed by atoms with Crippen LogP contribution in [0.3, 0.4) is 0 Å². The van der Waals surface area contributed by atoms with Crippen LogP contribution in [0.25, 0.3) is 28.0 Å². The lowest BCUT2D eigenvalue weighted by atomic mass is 10.0. The summed E-state index contributed by atoms with van der Waals surface area (Å²) in [6.07, 6.45) is 5.17. The molecule has 4 nitrogen and oxygen atoms in total. The van der Waals surface area contributed by atoms with Crippen molar-refractivity contribution in [2.75, 3.05) is 6.54 Å². The van der Waals surface area contributed by atoms with Gasteiger partial charge in [0.1, 0.15) is 0 Å². The molecule has 0 bridgehead atoms. The minimum Gasteiger partial charge on any atom is -0.385 e. The second-order valence-corrected chi connectivity index (χ2v) is 6.88. The molecule has 0 saturated heterocycles. The lowest BCUT2D eigenvalue weighted by molar-refractivity contribution is 0.650. The summed E-state index contributed by atoms with van der Waals surface area (Å²) in [4.78, 5) is 13.1. The van der Waals surface area contributed by atoms with Crippen LogP contribution in [0, 0.1) is 0 Å². The molecular formula is C21H24N4. The summed E-state index contributed by atoms with van der Waals surface area (Å²) < 4.78 is 0. The second-order valence-electron chi connectivity index (χ2n) is 6.88. The number of hydrogen-bond acceptors (Lipinski definition) is 3. The molecule has 2 N–H and O–H groups in total. The quantitative estimate of drug-likeness (QED) is 0.731. The first kappa shape index (κ1) is 15.9. The van der Waals surface area contributed by atoms with Crippen LogP contribution in [0.2, 0.25) is 0 Å². The summed E-state index contributed by atoms with van der Waals surface area (Å²) in [5.74, 6) is 0.461. The van der Waals surface area contributed by atoms with E-state index < -0.39 is 0 Å². The van der Waals surface area contributed by atoms with Gasteiger partial charge in [-0.3, -0.25) is 9.97 Å². The van der Waals surface area contributed by atoms with E-state index >= 15 is 0 Å². The Bertz CT molecular complexity index is 938. The molecule has 0 fully saturated rings. The number of nitrogens with zero attached hydrogens (tertiary/aromatic N) is 2. The first-order chi connectivity index (χ1) is 12.2. The molecule has 128 valence electrons. The molecule has 0 saturated carbocycles. The maximum Gasteiger partial charge on any atom is 0.0983 e. The SMILES string of the molecule is C=C1NCCc2[nH]c(-c3ccnc4ccc(C(C)CCC)nc34)cc21. The van der Waals surface area contributed by atoms with Crippen LogP contribution in [0.15, 0.2) is 37.0 Å². The van der Waals surface area contributed by atoms with Crippen molar-refractivity contribution in [1.29, 1.82) is 0 Å². The molecule has 3 aromatic heterocycles. The third-order valence-electron chi connectivity index (χ3n) is 5.06. The van der Waals surface area contributed by atoms with Crippen molar-refractivity contribution in [2.45, 2.75) is 39.0 Å².